The van der Waals surface area contributed by atoms with E-state index in [1.165, 1.54) is 21.3 Å². The van der Waals surface area contributed by atoms with E-state index in [0.29, 0.717) is 19.4 Å². The van der Waals surface area contributed by atoms with Gasteiger partial charge in [0.25, 0.3) is 0 Å². The molecular weight excluding hydrogens is 240 g/mol. The van der Waals surface area contributed by atoms with Gasteiger partial charge in [-0.1, -0.05) is 0 Å². The van der Waals surface area contributed by atoms with Gasteiger partial charge in [-0.3, -0.25) is 9.59 Å². The molecule has 104 valence electrons. The van der Waals surface area contributed by atoms with Crippen molar-refractivity contribution in [2.75, 3.05) is 34.5 Å². The predicted octanol–water partition coefficient (Wildman–Crippen LogP) is 0.534. The lowest BCUT2D eigenvalue weighted by molar-refractivity contribution is -0.184. The Kier molecular flexibility index (Phi) is 5.55. The zero-order chi connectivity index (χ0) is 13.6. The van der Waals surface area contributed by atoms with Crippen molar-refractivity contribution < 1.29 is 28.5 Å². The molecule has 1 aliphatic heterocycles. The topological polar surface area (TPSA) is 71.1 Å². The van der Waals surface area contributed by atoms with Gasteiger partial charge in [-0.25, -0.2) is 0 Å². The normalized spacial score (nSPS) is 22.9. The van der Waals surface area contributed by atoms with Gasteiger partial charge >= 0.3 is 11.9 Å². The first kappa shape index (κ1) is 14.9. The minimum Gasteiger partial charge on any atom is -0.468 e. The van der Waals surface area contributed by atoms with Gasteiger partial charge in [-0.2, -0.15) is 0 Å². The van der Waals surface area contributed by atoms with Gasteiger partial charge in [-0.05, 0) is 19.3 Å². The molecule has 1 fully saturated rings. The SMILES string of the molecule is COCC1OCCCCC1(C(=O)OC)C(=O)OC. The van der Waals surface area contributed by atoms with Crippen LogP contribution in [0, 0.1) is 5.41 Å². The van der Waals surface area contributed by atoms with Gasteiger partial charge in [0.15, 0.2) is 5.41 Å². The maximum absolute atomic E-state index is 12.1. The van der Waals surface area contributed by atoms with Crippen molar-refractivity contribution in [3.63, 3.8) is 0 Å². The largest absolute Gasteiger partial charge is 0.468 e. The van der Waals surface area contributed by atoms with Gasteiger partial charge in [0.1, 0.15) is 6.10 Å². The Morgan fingerprint density at radius 2 is 1.78 bits per heavy atom. The molecule has 0 spiro atoms. The Hall–Kier alpha value is -1.14. The second-order valence-corrected chi connectivity index (χ2v) is 4.23. The summed E-state index contributed by atoms with van der Waals surface area (Å²) in [7, 11) is 4.00. The summed E-state index contributed by atoms with van der Waals surface area (Å²) in [5.41, 5.74) is -1.42. The highest BCUT2D eigenvalue weighted by atomic mass is 16.6. The molecule has 1 atom stereocenters. The van der Waals surface area contributed by atoms with Crippen molar-refractivity contribution in [1.82, 2.24) is 0 Å². The van der Waals surface area contributed by atoms with E-state index in [1.54, 1.807) is 0 Å². The molecule has 0 radical (unpaired) electrons. The van der Waals surface area contributed by atoms with E-state index in [4.69, 9.17) is 18.9 Å². The van der Waals surface area contributed by atoms with E-state index in [0.717, 1.165) is 6.42 Å². The standard InChI is InChI=1S/C12H20O6/c1-15-8-9-12(10(13)16-2,11(14)17-3)6-4-5-7-18-9/h9H,4-8H2,1-3H3. The third-order valence-electron chi connectivity index (χ3n) is 3.25. The van der Waals surface area contributed by atoms with Crippen LogP contribution in [0.2, 0.25) is 0 Å². The number of carbonyl (C=O) groups is 2. The molecule has 1 saturated heterocycles. The Balaban J connectivity index is 3.14. The van der Waals surface area contributed by atoms with Gasteiger partial charge in [-0.15, -0.1) is 0 Å². The Morgan fingerprint density at radius 3 is 2.28 bits per heavy atom. The molecule has 0 N–H and O–H groups in total. The van der Waals surface area contributed by atoms with Crippen molar-refractivity contribution in [2.24, 2.45) is 5.41 Å². The first-order chi connectivity index (χ1) is 8.63. The third kappa shape index (κ3) is 2.64. The molecule has 6 heteroatoms. The highest BCUT2D eigenvalue weighted by Crippen LogP contribution is 2.36. The summed E-state index contributed by atoms with van der Waals surface area (Å²) < 4.78 is 20.2. The average molecular weight is 260 g/mol. The summed E-state index contributed by atoms with van der Waals surface area (Å²) in [5.74, 6) is -1.25. The van der Waals surface area contributed by atoms with Crippen LogP contribution in [0.15, 0.2) is 0 Å². The van der Waals surface area contributed by atoms with Crippen LogP contribution in [0.5, 0.6) is 0 Å². The number of hydrogen-bond donors (Lipinski definition) is 0. The van der Waals surface area contributed by atoms with E-state index in [2.05, 4.69) is 0 Å². The molecular formula is C12H20O6. The van der Waals surface area contributed by atoms with Crippen LogP contribution in [-0.2, 0) is 28.5 Å². The van der Waals surface area contributed by atoms with Crippen molar-refractivity contribution >= 4 is 11.9 Å². The number of esters is 2. The van der Waals surface area contributed by atoms with Gasteiger partial charge in [0.05, 0.1) is 20.8 Å². The molecule has 1 unspecified atom stereocenters. The number of carbonyl (C=O) groups excluding carboxylic acids is 2. The van der Waals surface area contributed by atoms with E-state index >= 15 is 0 Å². The van der Waals surface area contributed by atoms with Gasteiger partial charge in [0, 0.05) is 13.7 Å². The maximum atomic E-state index is 12.1. The van der Waals surface area contributed by atoms with Crippen LogP contribution in [0.3, 0.4) is 0 Å². The van der Waals surface area contributed by atoms with Crippen LogP contribution < -0.4 is 0 Å². The summed E-state index contributed by atoms with van der Waals surface area (Å²) in [6, 6.07) is 0. The fraction of sp³-hybridized carbons (Fsp3) is 0.833. The van der Waals surface area contributed by atoms with Crippen LogP contribution >= 0.6 is 0 Å². The molecule has 0 aromatic heterocycles. The lowest BCUT2D eigenvalue weighted by atomic mass is 9.78. The second-order valence-electron chi connectivity index (χ2n) is 4.23. The number of methoxy groups -OCH3 is 3. The highest BCUT2D eigenvalue weighted by molar-refractivity contribution is 6.00. The number of rotatable bonds is 4. The third-order valence-corrected chi connectivity index (χ3v) is 3.25. The summed E-state index contributed by atoms with van der Waals surface area (Å²) in [5, 5.41) is 0. The number of ether oxygens (including phenoxy) is 4. The Labute approximate surface area is 107 Å². The van der Waals surface area contributed by atoms with Crippen LogP contribution in [0.4, 0.5) is 0 Å². The van der Waals surface area contributed by atoms with Gasteiger partial charge < -0.3 is 18.9 Å². The molecule has 0 aliphatic carbocycles. The maximum Gasteiger partial charge on any atom is 0.326 e. The van der Waals surface area contributed by atoms with Crippen LogP contribution in [0.1, 0.15) is 19.3 Å². The molecule has 0 amide bonds. The summed E-state index contributed by atoms with van der Waals surface area (Å²) in [4.78, 5) is 24.1. The average Bonchev–Trinajstić information content (AvgIpc) is 2.61. The molecule has 0 aromatic carbocycles. The molecule has 18 heavy (non-hydrogen) atoms. The summed E-state index contributed by atoms with van der Waals surface area (Å²) in [6.07, 6.45) is 1.16. The highest BCUT2D eigenvalue weighted by Gasteiger charge is 2.55. The van der Waals surface area contributed by atoms with E-state index in [1.807, 2.05) is 0 Å². The Bertz CT molecular complexity index is 285. The molecule has 0 saturated carbocycles. The lowest BCUT2D eigenvalue weighted by Crippen LogP contribution is -2.52. The summed E-state index contributed by atoms with van der Waals surface area (Å²) >= 11 is 0. The minimum atomic E-state index is -1.42. The zero-order valence-electron chi connectivity index (χ0n) is 11.1. The van der Waals surface area contributed by atoms with Crippen LogP contribution in [0.25, 0.3) is 0 Å². The molecule has 0 aromatic rings. The molecule has 1 heterocycles. The predicted molar refractivity (Wildman–Crippen MR) is 61.9 cm³/mol. The zero-order valence-corrected chi connectivity index (χ0v) is 11.1. The Morgan fingerprint density at radius 1 is 1.17 bits per heavy atom. The van der Waals surface area contributed by atoms with Crippen molar-refractivity contribution in [3.8, 4) is 0 Å². The van der Waals surface area contributed by atoms with Crippen molar-refractivity contribution in [2.45, 2.75) is 25.4 Å². The molecule has 1 rings (SSSR count). The number of hydrogen-bond acceptors (Lipinski definition) is 6. The quantitative estimate of drug-likeness (QED) is 0.542. The van der Waals surface area contributed by atoms with Crippen molar-refractivity contribution in [3.05, 3.63) is 0 Å². The lowest BCUT2D eigenvalue weighted by Gasteiger charge is -2.33. The first-order valence-corrected chi connectivity index (χ1v) is 5.90. The van der Waals surface area contributed by atoms with Crippen molar-refractivity contribution in [1.29, 1.82) is 0 Å². The van der Waals surface area contributed by atoms with E-state index in [9.17, 15) is 9.59 Å². The monoisotopic (exact) mass is 260 g/mol. The fourth-order valence-electron chi connectivity index (χ4n) is 2.29. The second kappa shape index (κ2) is 6.70. The minimum absolute atomic E-state index is 0.143. The smallest absolute Gasteiger partial charge is 0.326 e. The summed E-state index contributed by atoms with van der Waals surface area (Å²) in [6.45, 7) is 0.633. The fourth-order valence-corrected chi connectivity index (χ4v) is 2.29. The molecule has 6 nitrogen and oxygen atoms in total. The van der Waals surface area contributed by atoms with E-state index < -0.39 is 23.5 Å². The molecule has 1 aliphatic rings. The van der Waals surface area contributed by atoms with E-state index in [-0.39, 0.29) is 6.61 Å². The van der Waals surface area contributed by atoms with Gasteiger partial charge in [0.2, 0.25) is 0 Å². The molecule has 0 bridgehead atoms. The van der Waals surface area contributed by atoms with Crippen LogP contribution in [-0.4, -0.2) is 52.6 Å². The first-order valence-electron chi connectivity index (χ1n) is 5.90.